The van der Waals surface area contributed by atoms with Crippen molar-refractivity contribution < 1.29 is 23.5 Å². The van der Waals surface area contributed by atoms with Crippen molar-refractivity contribution in [3.63, 3.8) is 0 Å². The first-order valence-corrected chi connectivity index (χ1v) is 8.50. The maximum absolute atomic E-state index is 13.9. The molecule has 1 unspecified atom stereocenters. The molecule has 0 saturated carbocycles. The van der Waals surface area contributed by atoms with E-state index in [1.807, 2.05) is 0 Å². The molecule has 1 heterocycles. The second kappa shape index (κ2) is 7.99. The number of carbonyl (C=O) groups is 2. The highest BCUT2D eigenvalue weighted by atomic mass is 19.1. The maximum atomic E-state index is 13.9. The van der Waals surface area contributed by atoms with Gasteiger partial charge in [-0.15, -0.1) is 0 Å². The molecule has 0 fully saturated rings. The molecule has 0 radical (unpaired) electrons. The van der Waals surface area contributed by atoms with Gasteiger partial charge in [0.1, 0.15) is 17.3 Å². The second-order valence-corrected chi connectivity index (χ2v) is 6.11. The number of benzene rings is 2. The minimum atomic E-state index is -0.790. The summed E-state index contributed by atoms with van der Waals surface area (Å²) < 4.78 is 24.6. The molecule has 3 amide bonds. The lowest BCUT2D eigenvalue weighted by molar-refractivity contribution is -0.113. The Morgan fingerprint density at radius 1 is 1.14 bits per heavy atom. The van der Waals surface area contributed by atoms with Crippen LogP contribution >= 0.6 is 0 Å². The zero-order valence-corrected chi connectivity index (χ0v) is 15.6. The lowest BCUT2D eigenvalue weighted by Crippen LogP contribution is -2.46. The van der Waals surface area contributed by atoms with Crippen molar-refractivity contribution in [3.05, 3.63) is 65.1 Å². The summed E-state index contributed by atoms with van der Waals surface area (Å²) in [7, 11) is 3.01. The number of rotatable bonds is 5. The molecule has 28 heavy (non-hydrogen) atoms. The molecular weight excluding hydrogens is 365 g/mol. The number of amides is 3. The predicted molar refractivity (Wildman–Crippen MR) is 102 cm³/mol. The van der Waals surface area contributed by atoms with Gasteiger partial charge < -0.3 is 25.4 Å². The highest BCUT2D eigenvalue weighted by Gasteiger charge is 2.33. The average molecular weight is 385 g/mol. The van der Waals surface area contributed by atoms with Crippen LogP contribution in [0, 0.1) is 5.82 Å². The van der Waals surface area contributed by atoms with E-state index in [0.29, 0.717) is 22.8 Å². The van der Waals surface area contributed by atoms with Gasteiger partial charge >= 0.3 is 6.03 Å². The Labute approximate surface area is 161 Å². The van der Waals surface area contributed by atoms with Gasteiger partial charge in [-0.3, -0.25) is 4.79 Å². The van der Waals surface area contributed by atoms with Crippen LogP contribution in [0.25, 0.3) is 0 Å². The first-order valence-electron chi connectivity index (χ1n) is 8.50. The molecule has 7 nitrogen and oxygen atoms in total. The fourth-order valence-electron chi connectivity index (χ4n) is 3.04. The van der Waals surface area contributed by atoms with Gasteiger partial charge in [-0.1, -0.05) is 12.1 Å². The Morgan fingerprint density at radius 3 is 2.57 bits per heavy atom. The number of carbonyl (C=O) groups excluding carboxylic acids is 2. The first-order chi connectivity index (χ1) is 13.4. The first kappa shape index (κ1) is 19.2. The number of urea groups is 1. The van der Waals surface area contributed by atoms with Crippen LogP contribution in [0.15, 0.2) is 53.7 Å². The van der Waals surface area contributed by atoms with Gasteiger partial charge in [0.05, 0.1) is 31.5 Å². The number of hydrogen-bond acceptors (Lipinski definition) is 4. The predicted octanol–water partition coefficient (Wildman–Crippen LogP) is 3.11. The van der Waals surface area contributed by atoms with Crippen molar-refractivity contribution in [2.75, 3.05) is 19.5 Å². The highest BCUT2D eigenvalue weighted by molar-refractivity contribution is 6.07. The monoisotopic (exact) mass is 385 g/mol. The van der Waals surface area contributed by atoms with Gasteiger partial charge in [-0.25, -0.2) is 9.18 Å². The zero-order chi connectivity index (χ0) is 20.3. The lowest BCUT2D eigenvalue weighted by atomic mass is 9.94. The minimum absolute atomic E-state index is 0.0464. The van der Waals surface area contributed by atoms with Crippen molar-refractivity contribution in [1.29, 1.82) is 0 Å². The third-order valence-electron chi connectivity index (χ3n) is 4.39. The van der Waals surface area contributed by atoms with Crippen molar-refractivity contribution in [1.82, 2.24) is 10.6 Å². The summed E-state index contributed by atoms with van der Waals surface area (Å²) >= 11 is 0. The summed E-state index contributed by atoms with van der Waals surface area (Å²) in [6.45, 7) is 1.61. The molecule has 8 heteroatoms. The van der Waals surface area contributed by atoms with Crippen LogP contribution < -0.4 is 25.4 Å². The molecule has 0 aromatic heterocycles. The SMILES string of the molecule is COc1ccc(C2NC(=O)NC(C)=C2C(=O)Nc2ccccc2F)c(OC)c1. The zero-order valence-electron chi connectivity index (χ0n) is 15.6. The van der Waals surface area contributed by atoms with E-state index in [-0.39, 0.29) is 11.3 Å². The largest absolute Gasteiger partial charge is 0.497 e. The van der Waals surface area contributed by atoms with Gasteiger partial charge in [-0.05, 0) is 31.2 Å². The lowest BCUT2D eigenvalue weighted by Gasteiger charge is -2.29. The van der Waals surface area contributed by atoms with Crippen LogP contribution in [0.1, 0.15) is 18.5 Å². The molecule has 3 rings (SSSR count). The van der Waals surface area contributed by atoms with Gasteiger partial charge in [0.25, 0.3) is 5.91 Å². The van der Waals surface area contributed by atoms with Crippen molar-refractivity contribution in [2.45, 2.75) is 13.0 Å². The maximum Gasteiger partial charge on any atom is 0.319 e. The Bertz CT molecular complexity index is 958. The van der Waals surface area contributed by atoms with Gasteiger partial charge in [0.15, 0.2) is 0 Å². The number of ether oxygens (including phenoxy) is 2. The number of anilines is 1. The van der Waals surface area contributed by atoms with E-state index in [2.05, 4.69) is 16.0 Å². The number of allylic oxidation sites excluding steroid dienone is 1. The third kappa shape index (κ3) is 3.75. The van der Waals surface area contributed by atoms with Crippen molar-refractivity contribution in [3.8, 4) is 11.5 Å². The summed E-state index contributed by atoms with van der Waals surface area (Å²) in [5, 5.41) is 7.86. The van der Waals surface area contributed by atoms with E-state index < -0.39 is 23.8 Å². The number of methoxy groups -OCH3 is 2. The van der Waals surface area contributed by atoms with Crippen LogP contribution in [0.3, 0.4) is 0 Å². The fourth-order valence-corrected chi connectivity index (χ4v) is 3.04. The van der Waals surface area contributed by atoms with Crippen LogP contribution in [-0.4, -0.2) is 26.2 Å². The van der Waals surface area contributed by atoms with E-state index >= 15 is 0 Å². The quantitative estimate of drug-likeness (QED) is 0.738. The van der Waals surface area contributed by atoms with E-state index in [9.17, 15) is 14.0 Å². The van der Waals surface area contributed by atoms with Crippen molar-refractivity contribution in [2.24, 2.45) is 0 Å². The molecular formula is C20H20FN3O4. The molecule has 146 valence electrons. The van der Waals surface area contributed by atoms with E-state index in [4.69, 9.17) is 9.47 Å². The smallest absolute Gasteiger partial charge is 0.319 e. The van der Waals surface area contributed by atoms with Crippen LogP contribution in [-0.2, 0) is 4.79 Å². The highest BCUT2D eigenvalue weighted by Crippen LogP contribution is 2.35. The summed E-state index contributed by atoms with van der Waals surface area (Å²) in [6.07, 6.45) is 0. The molecule has 0 bridgehead atoms. The molecule has 1 aliphatic heterocycles. The molecule has 2 aromatic rings. The van der Waals surface area contributed by atoms with Gasteiger partial charge in [-0.2, -0.15) is 0 Å². The van der Waals surface area contributed by atoms with E-state index in [1.54, 1.807) is 31.2 Å². The standard InChI is InChI=1S/C20H20FN3O4/c1-11-17(19(25)23-15-7-5-4-6-14(15)21)18(24-20(26)22-11)13-9-8-12(27-2)10-16(13)28-3/h4-10,18H,1-3H3,(H,23,25)(H2,22,24,26). The molecule has 0 spiro atoms. The Kier molecular flexibility index (Phi) is 5.49. The summed E-state index contributed by atoms with van der Waals surface area (Å²) in [6, 6.07) is 9.68. The Hall–Kier alpha value is -3.55. The van der Waals surface area contributed by atoms with Crippen LogP contribution in [0.2, 0.25) is 0 Å². The molecule has 0 saturated heterocycles. The Balaban J connectivity index is 2.02. The minimum Gasteiger partial charge on any atom is -0.497 e. The number of para-hydroxylation sites is 1. The molecule has 1 atom stereocenters. The normalized spacial score (nSPS) is 16.1. The Morgan fingerprint density at radius 2 is 1.89 bits per heavy atom. The molecule has 1 aliphatic rings. The molecule has 2 aromatic carbocycles. The summed E-state index contributed by atoms with van der Waals surface area (Å²) in [4.78, 5) is 25.0. The number of hydrogen-bond donors (Lipinski definition) is 3. The van der Waals surface area contributed by atoms with Gasteiger partial charge in [0, 0.05) is 17.3 Å². The van der Waals surface area contributed by atoms with Gasteiger partial charge in [0.2, 0.25) is 0 Å². The summed E-state index contributed by atoms with van der Waals surface area (Å²) in [5.74, 6) is -0.0899. The molecule has 3 N–H and O–H groups in total. The molecule has 0 aliphatic carbocycles. The average Bonchev–Trinajstić information content (AvgIpc) is 2.68. The third-order valence-corrected chi connectivity index (χ3v) is 4.39. The van der Waals surface area contributed by atoms with E-state index in [0.717, 1.165) is 0 Å². The van der Waals surface area contributed by atoms with Crippen LogP contribution in [0.4, 0.5) is 14.9 Å². The fraction of sp³-hybridized carbons (Fsp3) is 0.200. The second-order valence-electron chi connectivity index (χ2n) is 6.11. The topological polar surface area (TPSA) is 88.7 Å². The van der Waals surface area contributed by atoms with Crippen molar-refractivity contribution >= 4 is 17.6 Å². The summed E-state index contributed by atoms with van der Waals surface area (Å²) in [5.41, 5.74) is 1.22. The number of halogens is 1. The van der Waals surface area contributed by atoms with E-state index in [1.165, 1.54) is 32.4 Å². The van der Waals surface area contributed by atoms with Crippen LogP contribution in [0.5, 0.6) is 11.5 Å². The number of nitrogens with one attached hydrogen (secondary N) is 3.